The Kier molecular flexibility index (Phi) is 3.20. The molecule has 1 fully saturated rings. The zero-order valence-corrected chi connectivity index (χ0v) is 10.7. The molecular weight excluding hydrogens is 256 g/mol. The van der Waals surface area contributed by atoms with Gasteiger partial charge in [-0.3, -0.25) is 14.7 Å². The number of benzene rings is 1. The number of rotatable bonds is 3. The first-order valence-corrected chi connectivity index (χ1v) is 6.42. The molecule has 1 atom stereocenters. The molecule has 1 aliphatic heterocycles. The maximum Gasteiger partial charge on any atom is 0.246 e. The Hall–Kier alpha value is -2.63. The lowest BCUT2D eigenvalue weighted by Gasteiger charge is -2.11. The van der Waals surface area contributed by atoms with Crippen molar-refractivity contribution >= 4 is 17.5 Å². The predicted molar refractivity (Wildman–Crippen MR) is 73.8 cm³/mol. The summed E-state index contributed by atoms with van der Waals surface area (Å²) >= 11 is 0. The Labute approximate surface area is 115 Å². The normalized spacial score (nSPS) is 17.8. The average molecular weight is 270 g/mol. The van der Waals surface area contributed by atoms with Crippen molar-refractivity contribution in [3.8, 4) is 11.3 Å². The van der Waals surface area contributed by atoms with Crippen LogP contribution in [0.4, 0.5) is 5.69 Å². The highest BCUT2D eigenvalue weighted by Crippen LogP contribution is 2.20. The van der Waals surface area contributed by atoms with E-state index in [1.165, 1.54) is 0 Å². The number of nitrogens with one attached hydrogen (secondary N) is 3. The molecule has 0 radical (unpaired) electrons. The molecular formula is C14H14N4O2. The number of H-pyrrole nitrogens is 1. The van der Waals surface area contributed by atoms with Gasteiger partial charge < -0.3 is 10.6 Å². The summed E-state index contributed by atoms with van der Waals surface area (Å²) in [7, 11) is 0. The van der Waals surface area contributed by atoms with Crippen molar-refractivity contribution in [2.24, 2.45) is 0 Å². The maximum atomic E-state index is 12.0. The van der Waals surface area contributed by atoms with Gasteiger partial charge in [-0.25, -0.2) is 0 Å². The van der Waals surface area contributed by atoms with Crippen molar-refractivity contribution in [1.29, 1.82) is 0 Å². The third kappa shape index (κ3) is 2.54. The van der Waals surface area contributed by atoms with Crippen LogP contribution in [0.25, 0.3) is 11.3 Å². The lowest BCUT2D eigenvalue weighted by Crippen LogP contribution is -2.37. The van der Waals surface area contributed by atoms with E-state index in [2.05, 4.69) is 20.8 Å². The summed E-state index contributed by atoms with van der Waals surface area (Å²) in [6.45, 7) is 0. The highest BCUT2D eigenvalue weighted by molar-refractivity contribution is 5.99. The summed E-state index contributed by atoms with van der Waals surface area (Å²) in [4.78, 5) is 23.1. The summed E-state index contributed by atoms with van der Waals surface area (Å²) in [5, 5.41) is 12.2. The molecule has 3 N–H and O–H groups in total. The van der Waals surface area contributed by atoms with Gasteiger partial charge in [0.05, 0.1) is 5.69 Å². The number of anilines is 1. The Morgan fingerprint density at radius 2 is 2.25 bits per heavy atom. The third-order valence-electron chi connectivity index (χ3n) is 3.25. The van der Waals surface area contributed by atoms with Crippen molar-refractivity contribution in [3.05, 3.63) is 36.5 Å². The Morgan fingerprint density at radius 1 is 1.35 bits per heavy atom. The zero-order chi connectivity index (χ0) is 13.9. The van der Waals surface area contributed by atoms with Crippen LogP contribution >= 0.6 is 0 Å². The highest BCUT2D eigenvalue weighted by Gasteiger charge is 2.27. The first-order chi connectivity index (χ1) is 9.72. The number of carbonyl (C=O) groups excluding carboxylic acids is 2. The minimum atomic E-state index is -0.432. The van der Waals surface area contributed by atoms with Gasteiger partial charge in [0.15, 0.2) is 0 Å². The van der Waals surface area contributed by atoms with Gasteiger partial charge in [0.1, 0.15) is 6.04 Å². The Balaban J connectivity index is 1.73. The molecule has 102 valence electrons. The van der Waals surface area contributed by atoms with Gasteiger partial charge in [0.2, 0.25) is 11.8 Å². The van der Waals surface area contributed by atoms with E-state index in [0.29, 0.717) is 18.5 Å². The lowest BCUT2D eigenvalue weighted by molar-refractivity contribution is -0.122. The summed E-state index contributed by atoms with van der Waals surface area (Å²) < 4.78 is 0. The molecule has 3 rings (SSSR count). The largest absolute Gasteiger partial charge is 0.344 e. The summed E-state index contributed by atoms with van der Waals surface area (Å²) in [6.07, 6.45) is 2.63. The van der Waals surface area contributed by atoms with Gasteiger partial charge in [-0.1, -0.05) is 12.1 Å². The zero-order valence-electron chi connectivity index (χ0n) is 10.7. The number of aromatic nitrogens is 2. The second-order valence-corrected chi connectivity index (χ2v) is 4.70. The van der Waals surface area contributed by atoms with E-state index in [9.17, 15) is 9.59 Å². The molecule has 0 aliphatic carbocycles. The number of carbonyl (C=O) groups is 2. The number of nitrogens with zero attached hydrogens (tertiary/aromatic N) is 1. The number of hydrogen-bond donors (Lipinski definition) is 3. The van der Waals surface area contributed by atoms with Crippen LogP contribution in [-0.2, 0) is 9.59 Å². The van der Waals surface area contributed by atoms with E-state index >= 15 is 0 Å². The Bertz CT molecular complexity index is 636. The summed E-state index contributed by atoms with van der Waals surface area (Å²) in [5.41, 5.74) is 2.52. The molecule has 0 bridgehead atoms. The monoisotopic (exact) mass is 270 g/mol. The first kappa shape index (κ1) is 12.4. The topological polar surface area (TPSA) is 86.9 Å². The minimum Gasteiger partial charge on any atom is -0.344 e. The van der Waals surface area contributed by atoms with Crippen LogP contribution in [0.5, 0.6) is 0 Å². The van der Waals surface area contributed by atoms with E-state index in [-0.39, 0.29) is 11.8 Å². The molecule has 6 heteroatoms. The van der Waals surface area contributed by atoms with Crippen molar-refractivity contribution in [3.63, 3.8) is 0 Å². The van der Waals surface area contributed by atoms with Crippen LogP contribution < -0.4 is 10.6 Å². The summed E-state index contributed by atoms with van der Waals surface area (Å²) in [6, 6.07) is 8.90. The van der Waals surface area contributed by atoms with Crippen molar-refractivity contribution in [1.82, 2.24) is 15.5 Å². The second-order valence-electron chi connectivity index (χ2n) is 4.70. The molecule has 1 saturated heterocycles. The van der Waals surface area contributed by atoms with Crippen molar-refractivity contribution < 1.29 is 9.59 Å². The second kappa shape index (κ2) is 5.16. The van der Waals surface area contributed by atoms with Gasteiger partial charge in [-0.15, -0.1) is 0 Å². The van der Waals surface area contributed by atoms with E-state index in [1.807, 2.05) is 30.3 Å². The molecule has 2 aromatic rings. The molecule has 1 aliphatic rings. The minimum absolute atomic E-state index is 0.0728. The number of amides is 2. The molecule has 20 heavy (non-hydrogen) atoms. The molecule has 1 aromatic carbocycles. The first-order valence-electron chi connectivity index (χ1n) is 6.42. The van der Waals surface area contributed by atoms with E-state index in [1.54, 1.807) is 6.20 Å². The molecule has 6 nitrogen and oxygen atoms in total. The van der Waals surface area contributed by atoms with Gasteiger partial charge >= 0.3 is 0 Å². The van der Waals surface area contributed by atoms with E-state index < -0.39 is 6.04 Å². The van der Waals surface area contributed by atoms with Crippen molar-refractivity contribution in [2.45, 2.75) is 18.9 Å². The molecule has 0 spiro atoms. The lowest BCUT2D eigenvalue weighted by atomic mass is 10.1. The maximum absolute atomic E-state index is 12.0. The van der Waals surface area contributed by atoms with Crippen LogP contribution in [0.1, 0.15) is 12.8 Å². The highest BCUT2D eigenvalue weighted by atomic mass is 16.2. The van der Waals surface area contributed by atoms with Gasteiger partial charge in [-0.05, 0) is 24.6 Å². The van der Waals surface area contributed by atoms with E-state index in [4.69, 9.17) is 0 Å². The fourth-order valence-corrected chi connectivity index (χ4v) is 2.22. The van der Waals surface area contributed by atoms with Crippen molar-refractivity contribution in [2.75, 3.05) is 5.32 Å². The van der Waals surface area contributed by atoms with Gasteiger partial charge in [-0.2, -0.15) is 5.10 Å². The molecule has 0 saturated carbocycles. The smallest absolute Gasteiger partial charge is 0.246 e. The number of aromatic amines is 1. The van der Waals surface area contributed by atoms with Crippen LogP contribution in [0.3, 0.4) is 0 Å². The summed E-state index contributed by atoms with van der Waals surface area (Å²) in [5.74, 6) is -0.256. The van der Waals surface area contributed by atoms with Crippen LogP contribution in [-0.4, -0.2) is 28.1 Å². The fraction of sp³-hybridized carbons (Fsp3) is 0.214. The predicted octanol–water partition coefficient (Wildman–Crippen LogP) is 1.29. The number of hydrogen-bond acceptors (Lipinski definition) is 3. The van der Waals surface area contributed by atoms with Gasteiger partial charge in [0.25, 0.3) is 0 Å². The standard InChI is InChI=1S/C14H14N4O2/c19-13-5-4-12(17-13)14(20)16-10-3-1-2-9(8-10)11-6-7-15-18-11/h1-3,6-8,12H,4-5H2,(H,15,18)(H,16,20)(H,17,19). The van der Waals surface area contributed by atoms with Crippen LogP contribution in [0.15, 0.2) is 36.5 Å². The molecule has 2 amide bonds. The third-order valence-corrected chi connectivity index (χ3v) is 3.25. The molecule has 2 heterocycles. The van der Waals surface area contributed by atoms with E-state index in [0.717, 1.165) is 11.3 Å². The molecule has 1 aromatic heterocycles. The van der Waals surface area contributed by atoms with Crippen LogP contribution in [0, 0.1) is 0 Å². The SMILES string of the molecule is O=C1CCC(C(=O)Nc2cccc(-c3ccn[nH]3)c2)N1. The average Bonchev–Trinajstić information content (AvgIpc) is 3.10. The van der Waals surface area contributed by atoms with Gasteiger partial charge in [0, 0.05) is 23.9 Å². The quantitative estimate of drug-likeness (QED) is 0.785. The van der Waals surface area contributed by atoms with Crippen LogP contribution in [0.2, 0.25) is 0 Å². The fourth-order valence-electron chi connectivity index (χ4n) is 2.22. The molecule has 1 unspecified atom stereocenters. The Morgan fingerprint density at radius 3 is 2.95 bits per heavy atom.